The van der Waals surface area contributed by atoms with Crippen LogP contribution in [0.4, 0.5) is 21.2 Å². The molecule has 1 aliphatic carbocycles. The number of nitrogens with zero attached hydrogens (tertiary/aromatic N) is 5. The Hall–Kier alpha value is -5.99. The van der Waals surface area contributed by atoms with Gasteiger partial charge in [-0.05, 0) is 82.3 Å². The second-order valence-electron chi connectivity index (χ2n) is 15.1. The molecule has 3 heterocycles. The molecule has 2 amide bonds. The van der Waals surface area contributed by atoms with Crippen molar-refractivity contribution in [1.82, 2.24) is 23.8 Å². The Labute approximate surface area is 342 Å². The van der Waals surface area contributed by atoms with Crippen LogP contribution in [0.15, 0.2) is 121 Å². The average Bonchev–Trinajstić information content (AvgIpc) is 3.61. The number of benzene rings is 3. The number of pyridine rings is 1. The molecule has 300 valence electrons. The summed E-state index contributed by atoms with van der Waals surface area (Å²) in [4.78, 5) is 41.9. The van der Waals surface area contributed by atoms with Gasteiger partial charge in [0.1, 0.15) is 12.2 Å². The van der Waals surface area contributed by atoms with E-state index in [2.05, 4.69) is 20.6 Å². The molecule has 3 aromatic carbocycles. The van der Waals surface area contributed by atoms with Gasteiger partial charge in [-0.3, -0.25) is 15.2 Å². The maximum atomic E-state index is 13.8. The summed E-state index contributed by atoms with van der Waals surface area (Å²) < 4.78 is 40.0. The molecule has 2 N–H and O–H groups in total. The van der Waals surface area contributed by atoms with E-state index in [-0.39, 0.29) is 35.2 Å². The average molecular weight is 822 g/mol. The number of fused-ring (bicyclic) bond motifs is 1. The molecule has 0 saturated heterocycles. The van der Waals surface area contributed by atoms with Gasteiger partial charge in [-0.1, -0.05) is 78.3 Å². The summed E-state index contributed by atoms with van der Waals surface area (Å²) in [5.41, 5.74) is 2.64. The summed E-state index contributed by atoms with van der Waals surface area (Å²) >= 11 is 6.71. The number of para-hydroxylation sites is 1. The van der Waals surface area contributed by atoms with Crippen molar-refractivity contribution < 1.29 is 27.5 Å². The zero-order valence-electron chi connectivity index (χ0n) is 32.3. The number of carbonyl (C=O) groups is 2. The van der Waals surface area contributed by atoms with E-state index in [1.54, 1.807) is 65.7 Å². The van der Waals surface area contributed by atoms with Crippen molar-refractivity contribution in [1.29, 1.82) is 0 Å². The van der Waals surface area contributed by atoms with Gasteiger partial charge in [-0.15, -0.1) is 0 Å². The van der Waals surface area contributed by atoms with Gasteiger partial charge >= 0.3 is 12.2 Å². The molecular formula is C43H44ClN7O6S. The van der Waals surface area contributed by atoms with E-state index in [9.17, 15) is 18.0 Å². The first-order chi connectivity index (χ1) is 27.8. The number of carbonyl (C=O) groups excluding carboxylic acids is 2. The number of hydrogen-bond acceptors (Lipinski definition) is 10. The van der Waals surface area contributed by atoms with Gasteiger partial charge in [-0.25, -0.2) is 31.9 Å². The first kappa shape index (κ1) is 40.2. The second kappa shape index (κ2) is 17.2. The van der Waals surface area contributed by atoms with Crippen molar-refractivity contribution in [3.05, 3.63) is 132 Å². The van der Waals surface area contributed by atoms with Crippen molar-refractivity contribution in [3.8, 4) is 11.3 Å². The number of amides is 2. The molecule has 0 bridgehead atoms. The van der Waals surface area contributed by atoms with Gasteiger partial charge in [0.25, 0.3) is 10.0 Å². The van der Waals surface area contributed by atoms with Gasteiger partial charge in [-0.2, -0.15) is 0 Å². The van der Waals surface area contributed by atoms with Crippen LogP contribution in [-0.2, 0) is 32.6 Å². The molecule has 0 aliphatic heterocycles. The Kier molecular flexibility index (Phi) is 12.0. The summed E-state index contributed by atoms with van der Waals surface area (Å²) in [6.45, 7) is 5.80. The third kappa shape index (κ3) is 9.57. The first-order valence-electron chi connectivity index (χ1n) is 19.0. The van der Waals surface area contributed by atoms with Crippen molar-refractivity contribution in [2.24, 2.45) is 0 Å². The molecule has 7 rings (SSSR count). The minimum absolute atomic E-state index is 0.112. The summed E-state index contributed by atoms with van der Waals surface area (Å²) in [5, 5.41) is 7.08. The Morgan fingerprint density at radius 3 is 2.36 bits per heavy atom. The summed E-state index contributed by atoms with van der Waals surface area (Å²) in [6.07, 6.45) is 6.45. The number of nitrogens with one attached hydrogen (secondary N) is 2. The monoisotopic (exact) mass is 821 g/mol. The molecule has 1 fully saturated rings. The highest BCUT2D eigenvalue weighted by Crippen LogP contribution is 2.36. The zero-order valence-corrected chi connectivity index (χ0v) is 33.9. The quantitative estimate of drug-likeness (QED) is 0.129. The summed E-state index contributed by atoms with van der Waals surface area (Å²) in [6, 6.07) is 28.0. The summed E-state index contributed by atoms with van der Waals surface area (Å²) in [7, 11) is -3.93. The molecule has 3 aromatic heterocycles. The Balaban J connectivity index is 1.07. The van der Waals surface area contributed by atoms with Gasteiger partial charge in [0.2, 0.25) is 5.95 Å². The topological polar surface area (TPSA) is 158 Å². The van der Waals surface area contributed by atoms with E-state index in [1.165, 1.54) is 16.4 Å². The minimum Gasteiger partial charge on any atom is -0.444 e. The van der Waals surface area contributed by atoms with Gasteiger partial charge in [0.15, 0.2) is 0 Å². The Morgan fingerprint density at radius 2 is 1.64 bits per heavy atom. The number of rotatable bonds is 11. The van der Waals surface area contributed by atoms with Crippen LogP contribution in [0.5, 0.6) is 0 Å². The van der Waals surface area contributed by atoms with Crippen molar-refractivity contribution in [2.45, 2.75) is 82.2 Å². The van der Waals surface area contributed by atoms with Gasteiger partial charge < -0.3 is 14.8 Å². The lowest BCUT2D eigenvalue weighted by atomic mass is 9.90. The maximum Gasteiger partial charge on any atom is 0.412 e. The van der Waals surface area contributed by atoms with E-state index < -0.39 is 27.8 Å². The lowest BCUT2D eigenvalue weighted by Crippen LogP contribution is -2.47. The largest absolute Gasteiger partial charge is 0.444 e. The fourth-order valence-corrected chi connectivity index (χ4v) is 8.52. The lowest BCUT2D eigenvalue weighted by molar-refractivity contribution is 0.00906. The van der Waals surface area contributed by atoms with E-state index in [4.69, 9.17) is 26.1 Å². The third-order valence-corrected chi connectivity index (χ3v) is 11.6. The fourth-order valence-electron chi connectivity index (χ4n) is 6.94. The van der Waals surface area contributed by atoms with Crippen LogP contribution in [0.1, 0.15) is 57.7 Å². The molecule has 1 aliphatic rings. The zero-order chi connectivity index (χ0) is 40.9. The van der Waals surface area contributed by atoms with Crippen LogP contribution in [-0.4, -0.2) is 62.1 Å². The highest BCUT2D eigenvalue weighted by Gasteiger charge is 2.33. The number of hydrogen-bond donors (Lipinski definition) is 2. The second-order valence-corrected chi connectivity index (χ2v) is 17.3. The van der Waals surface area contributed by atoms with Crippen LogP contribution in [0.2, 0.25) is 5.02 Å². The summed E-state index contributed by atoms with van der Waals surface area (Å²) in [5.74, 6) is 0.323. The molecule has 13 nitrogen and oxygen atoms in total. The predicted octanol–water partition coefficient (Wildman–Crippen LogP) is 9.29. The highest BCUT2D eigenvalue weighted by molar-refractivity contribution is 7.90. The van der Waals surface area contributed by atoms with Gasteiger partial charge in [0, 0.05) is 29.2 Å². The Bertz CT molecular complexity index is 2490. The van der Waals surface area contributed by atoms with Crippen LogP contribution in [0.3, 0.4) is 0 Å². The predicted molar refractivity (Wildman–Crippen MR) is 223 cm³/mol. The number of anilines is 2. The molecule has 1 saturated carbocycles. The molecule has 6 aromatic rings. The van der Waals surface area contributed by atoms with E-state index in [1.807, 2.05) is 63.2 Å². The van der Waals surface area contributed by atoms with E-state index >= 15 is 0 Å². The SMILES string of the molecule is CC(C)(C)OC(=O)N(Cc1ccc(NC(=O)OCc2ccccc2)cn1)[C@H]1CCC[C@@H](Nc2ncc(Cl)c(-c3cn(S(=O)(=O)c4ccccc4)c4ccccc34)n2)C1. The molecular weight excluding hydrogens is 778 g/mol. The van der Waals surface area contributed by atoms with Crippen molar-refractivity contribution in [3.63, 3.8) is 0 Å². The molecule has 0 spiro atoms. The van der Waals surface area contributed by atoms with Crippen LogP contribution in [0, 0.1) is 0 Å². The molecule has 15 heteroatoms. The number of aromatic nitrogens is 4. The molecule has 0 unspecified atom stereocenters. The van der Waals surface area contributed by atoms with Gasteiger partial charge in [0.05, 0.1) is 51.4 Å². The highest BCUT2D eigenvalue weighted by atomic mass is 35.5. The van der Waals surface area contributed by atoms with Crippen LogP contribution >= 0.6 is 11.6 Å². The van der Waals surface area contributed by atoms with Crippen LogP contribution < -0.4 is 10.6 Å². The lowest BCUT2D eigenvalue weighted by Gasteiger charge is -2.38. The first-order valence-corrected chi connectivity index (χ1v) is 20.8. The maximum absolute atomic E-state index is 13.8. The van der Waals surface area contributed by atoms with Crippen molar-refractivity contribution >= 4 is 56.3 Å². The minimum atomic E-state index is -3.93. The fraction of sp³-hybridized carbons (Fsp3) is 0.279. The Morgan fingerprint density at radius 1 is 0.914 bits per heavy atom. The normalized spacial score (nSPS) is 15.7. The smallest absolute Gasteiger partial charge is 0.412 e. The van der Waals surface area contributed by atoms with E-state index in [0.717, 1.165) is 24.8 Å². The molecule has 58 heavy (non-hydrogen) atoms. The van der Waals surface area contributed by atoms with Crippen molar-refractivity contribution in [2.75, 3.05) is 10.6 Å². The molecule has 2 atom stereocenters. The molecule has 0 radical (unpaired) electrons. The standard InChI is InChI=1S/C43H44ClN7O6S/c1-43(2,3)57-42(53)50(26-32-22-21-31(24-45-32)48-41(52)56-28-29-13-6-4-7-14-29)33-16-12-15-30(23-33)47-40-46-25-37(44)39(49-40)36-27-51(38-20-11-10-19-35(36)38)58(54,55)34-17-8-5-9-18-34/h4-11,13-14,17-22,24-25,27,30,33H,12,15-16,23,26,28H2,1-3H3,(H,48,52)(H,46,47,49)/t30-,33+/m1/s1. The van der Waals surface area contributed by atoms with E-state index in [0.29, 0.717) is 45.9 Å². The van der Waals surface area contributed by atoms with Crippen LogP contribution in [0.25, 0.3) is 22.2 Å². The number of ether oxygens (including phenoxy) is 2. The number of halogens is 1. The third-order valence-electron chi connectivity index (χ3n) is 9.64.